The average molecular weight is 352 g/mol. The van der Waals surface area contributed by atoms with Gasteiger partial charge in [0.15, 0.2) is 5.83 Å². The highest BCUT2D eigenvalue weighted by Gasteiger charge is 2.19. The molecule has 0 aromatic carbocycles. The van der Waals surface area contributed by atoms with Gasteiger partial charge in [-0.3, -0.25) is 9.59 Å². The Labute approximate surface area is 152 Å². The van der Waals surface area contributed by atoms with E-state index >= 15 is 0 Å². The maximum atomic E-state index is 12.7. The third-order valence-electron chi connectivity index (χ3n) is 3.92. The molecule has 0 bridgehead atoms. The molecule has 3 nitrogen and oxygen atoms in total. The number of ether oxygens (including phenoxy) is 1. The van der Waals surface area contributed by atoms with Crippen molar-refractivity contribution >= 4 is 11.8 Å². The van der Waals surface area contributed by atoms with Gasteiger partial charge in [0.2, 0.25) is 5.78 Å². The molecule has 0 amide bonds. The number of unbranched alkanes of at least 4 members (excludes halogenated alkanes) is 6. The Morgan fingerprint density at radius 2 is 1.92 bits per heavy atom. The number of ketones is 1. The van der Waals surface area contributed by atoms with Crippen LogP contribution < -0.4 is 0 Å². The molecule has 0 aromatic heterocycles. The molecule has 1 aliphatic carbocycles. The lowest BCUT2D eigenvalue weighted by Gasteiger charge is -1.98. The molecular weight excluding hydrogens is 319 g/mol. The molecule has 1 aliphatic rings. The number of carbonyl (C=O) groups is 2. The van der Waals surface area contributed by atoms with Gasteiger partial charge < -0.3 is 4.74 Å². The van der Waals surface area contributed by atoms with E-state index in [1.165, 1.54) is 38.9 Å². The predicted octanol–water partition coefficient (Wildman–Crippen LogP) is 6.01. The number of Topliss-reactive ketones (excluding diaryl/α,β-unsaturated/α-hetero) is 1. The maximum absolute atomic E-state index is 12.7. The second kappa shape index (κ2) is 15.8. The minimum atomic E-state index is -0.577. The van der Waals surface area contributed by atoms with Crippen molar-refractivity contribution in [2.24, 2.45) is 0 Å². The molecule has 0 saturated carbocycles. The molecule has 4 heteroatoms. The molecule has 0 atom stereocenters. The third-order valence-corrected chi connectivity index (χ3v) is 3.92. The largest absolute Gasteiger partial charge is 0.469 e. The van der Waals surface area contributed by atoms with E-state index in [4.69, 9.17) is 0 Å². The summed E-state index contributed by atoms with van der Waals surface area (Å²) >= 11 is 0. The zero-order chi connectivity index (χ0) is 18.9. The summed E-state index contributed by atoms with van der Waals surface area (Å²) in [5, 5.41) is 0. The Morgan fingerprint density at radius 1 is 1.20 bits per heavy atom. The summed E-state index contributed by atoms with van der Waals surface area (Å²) in [6, 6.07) is 0. The number of rotatable bonds is 10. The van der Waals surface area contributed by atoms with Crippen LogP contribution in [0.4, 0.5) is 4.39 Å². The summed E-state index contributed by atoms with van der Waals surface area (Å²) in [5.41, 5.74) is 0.642. The van der Waals surface area contributed by atoms with Gasteiger partial charge in [-0.05, 0) is 45.1 Å². The van der Waals surface area contributed by atoms with Crippen LogP contribution in [0.15, 0.2) is 35.7 Å². The van der Waals surface area contributed by atoms with E-state index in [1.807, 2.05) is 25.2 Å². The predicted molar refractivity (Wildman–Crippen MR) is 101 cm³/mol. The zero-order valence-corrected chi connectivity index (χ0v) is 16.0. The summed E-state index contributed by atoms with van der Waals surface area (Å²) in [4.78, 5) is 21.7. The monoisotopic (exact) mass is 352 g/mol. The van der Waals surface area contributed by atoms with Crippen molar-refractivity contribution in [3.63, 3.8) is 0 Å². The normalized spacial score (nSPS) is 15.3. The highest BCUT2D eigenvalue weighted by Crippen LogP contribution is 2.22. The van der Waals surface area contributed by atoms with Crippen LogP contribution >= 0.6 is 0 Å². The Kier molecular flexibility index (Phi) is 14.7. The fraction of sp³-hybridized carbons (Fsp3) is 0.619. The molecule has 1 rings (SSSR count). The van der Waals surface area contributed by atoms with Gasteiger partial charge in [-0.15, -0.1) is 0 Å². The van der Waals surface area contributed by atoms with E-state index in [0.29, 0.717) is 18.4 Å². The van der Waals surface area contributed by atoms with Gasteiger partial charge in [0.25, 0.3) is 0 Å². The fourth-order valence-electron chi connectivity index (χ4n) is 2.37. The second-order valence-electron chi connectivity index (χ2n) is 6.05. The lowest BCUT2D eigenvalue weighted by atomic mass is 10.1. The van der Waals surface area contributed by atoms with Crippen LogP contribution in [0.2, 0.25) is 0 Å². The molecule has 0 N–H and O–H groups in total. The molecular formula is C21H33FO3. The second-order valence-corrected chi connectivity index (χ2v) is 6.05. The van der Waals surface area contributed by atoms with Crippen LogP contribution in [-0.2, 0) is 14.3 Å². The van der Waals surface area contributed by atoms with Crippen molar-refractivity contribution in [2.75, 3.05) is 7.11 Å². The highest BCUT2D eigenvalue weighted by atomic mass is 19.1. The standard InChI is InChI=1S/C13H19FO.C8H14O2/c1-2-3-4-5-6-7-8-11-9-10-12(14)13(11)15;1-3-4-5-6-7-8(9)10-2/h8,10H,2-7,9H2,1H3;3-4H,5-7H2,1-2H3/b11-8+;4-3-. The van der Waals surface area contributed by atoms with Crippen LogP contribution in [0.5, 0.6) is 0 Å². The van der Waals surface area contributed by atoms with E-state index in [9.17, 15) is 14.0 Å². The van der Waals surface area contributed by atoms with Crippen molar-refractivity contribution in [3.8, 4) is 0 Å². The Balaban J connectivity index is 0.000000504. The summed E-state index contributed by atoms with van der Waals surface area (Å²) in [6.07, 6.45) is 17.2. The van der Waals surface area contributed by atoms with Gasteiger partial charge in [0.1, 0.15) is 0 Å². The molecule has 0 aliphatic heterocycles. The lowest BCUT2D eigenvalue weighted by Crippen LogP contribution is -1.98. The first kappa shape index (κ1) is 23.3. The third kappa shape index (κ3) is 12.3. The van der Waals surface area contributed by atoms with Gasteiger partial charge in [0, 0.05) is 12.0 Å². The first-order valence-electron chi connectivity index (χ1n) is 9.34. The molecule has 0 unspecified atom stereocenters. The molecule has 142 valence electrons. The quantitative estimate of drug-likeness (QED) is 0.209. The average Bonchev–Trinajstić information content (AvgIpc) is 2.94. The number of methoxy groups -OCH3 is 1. The van der Waals surface area contributed by atoms with Crippen molar-refractivity contribution in [2.45, 2.75) is 78.1 Å². The van der Waals surface area contributed by atoms with Crippen molar-refractivity contribution in [1.29, 1.82) is 0 Å². The Morgan fingerprint density at radius 3 is 2.48 bits per heavy atom. The lowest BCUT2D eigenvalue weighted by molar-refractivity contribution is -0.140. The van der Waals surface area contributed by atoms with Gasteiger partial charge in [-0.2, -0.15) is 0 Å². The number of carbonyl (C=O) groups excluding carboxylic acids is 2. The van der Waals surface area contributed by atoms with E-state index < -0.39 is 11.6 Å². The SMILES string of the molecule is C/C=C\CCCC(=O)OC.CCCCCCC/C=C1\CC=C(F)C1=O. The van der Waals surface area contributed by atoms with E-state index in [0.717, 1.165) is 25.7 Å². The van der Waals surface area contributed by atoms with Gasteiger partial charge in [-0.1, -0.05) is 50.8 Å². The van der Waals surface area contributed by atoms with Crippen LogP contribution in [0.3, 0.4) is 0 Å². The van der Waals surface area contributed by atoms with E-state index in [2.05, 4.69) is 11.7 Å². The summed E-state index contributed by atoms with van der Waals surface area (Å²) in [7, 11) is 1.41. The van der Waals surface area contributed by atoms with Crippen molar-refractivity contribution in [1.82, 2.24) is 0 Å². The van der Waals surface area contributed by atoms with Crippen LogP contribution in [-0.4, -0.2) is 18.9 Å². The van der Waals surface area contributed by atoms with E-state index in [1.54, 1.807) is 0 Å². The number of hydrogen-bond donors (Lipinski definition) is 0. The molecule has 0 saturated heterocycles. The number of allylic oxidation sites excluding steroid dienone is 6. The molecule has 0 aromatic rings. The first-order chi connectivity index (χ1) is 12.1. The Bertz CT molecular complexity index is 476. The van der Waals surface area contributed by atoms with Crippen LogP contribution in [0.25, 0.3) is 0 Å². The molecule has 25 heavy (non-hydrogen) atoms. The zero-order valence-electron chi connectivity index (χ0n) is 16.0. The number of halogens is 1. The van der Waals surface area contributed by atoms with Crippen molar-refractivity contribution < 1.29 is 18.7 Å². The van der Waals surface area contributed by atoms with E-state index in [-0.39, 0.29) is 5.97 Å². The van der Waals surface area contributed by atoms with Gasteiger partial charge >= 0.3 is 5.97 Å². The molecule has 0 spiro atoms. The molecule has 0 fully saturated rings. The van der Waals surface area contributed by atoms with Crippen LogP contribution in [0, 0.1) is 0 Å². The fourth-order valence-corrected chi connectivity index (χ4v) is 2.37. The Hall–Kier alpha value is -1.71. The van der Waals surface area contributed by atoms with Gasteiger partial charge in [-0.25, -0.2) is 4.39 Å². The molecule has 0 heterocycles. The number of esters is 1. The molecule has 0 radical (unpaired) electrons. The smallest absolute Gasteiger partial charge is 0.305 e. The number of hydrogen-bond acceptors (Lipinski definition) is 3. The topological polar surface area (TPSA) is 43.4 Å². The summed E-state index contributed by atoms with van der Waals surface area (Å²) in [5.74, 6) is -1.10. The minimum Gasteiger partial charge on any atom is -0.469 e. The first-order valence-corrected chi connectivity index (χ1v) is 9.34. The minimum absolute atomic E-state index is 0.121. The van der Waals surface area contributed by atoms with Crippen molar-refractivity contribution in [3.05, 3.63) is 35.7 Å². The maximum Gasteiger partial charge on any atom is 0.305 e. The highest BCUT2D eigenvalue weighted by molar-refractivity contribution is 6.09. The van der Waals surface area contributed by atoms with Crippen LogP contribution in [0.1, 0.15) is 78.1 Å². The summed E-state index contributed by atoms with van der Waals surface area (Å²) < 4.78 is 17.2. The van der Waals surface area contributed by atoms with Gasteiger partial charge in [0.05, 0.1) is 7.11 Å². The summed E-state index contributed by atoms with van der Waals surface area (Å²) in [6.45, 7) is 4.16.